The average molecular weight is 465 g/mol. The number of pyridine rings is 1. The number of rotatable bonds is 7. The molecule has 1 atom stereocenters. The predicted molar refractivity (Wildman–Crippen MR) is 127 cm³/mol. The Hall–Kier alpha value is -3.10. The zero-order valence-electron chi connectivity index (χ0n) is 22.6. The van der Waals surface area contributed by atoms with Gasteiger partial charge < -0.3 is 20.3 Å². The molecule has 0 spiro atoms. The van der Waals surface area contributed by atoms with E-state index in [0.29, 0.717) is 43.0 Å². The van der Waals surface area contributed by atoms with Crippen molar-refractivity contribution in [2.24, 2.45) is 5.41 Å². The summed E-state index contributed by atoms with van der Waals surface area (Å²) < 4.78 is 27.4. The average Bonchev–Trinajstić information content (AvgIpc) is 3.45. The Kier molecular flexibility index (Phi) is 4.52. The van der Waals surface area contributed by atoms with Gasteiger partial charge in [-0.2, -0.15) is 4.98 Å². The van der Waals surface area contributed by atoms with Gasteiger partial charge in [-0.3, -0.25) is 9.78 Å². The quantitative estimate of drug-likeness (QED) is 0.492. The molecule has 34 heavy (non-hydrogen) atoms. The summed E-state index contributed by atoms with van der Waals surface area (Å²) in [6, 6.07) is 9.85. The maximum absolute atomic E-state index is 12.3. The third-order valence-electron chi connectivity index (χ3n) is 7.25. The summed E-state index contributed by atoms with van der Waals surface area (Å²) in [4.78, 5) is 20.9. The van der Waals surface area contributed by atoms with Crippen LogP contribution in [0.3, 0.4) is 0 Å². The lowest BCUT2D eigenvalue weighted by Gasteiger charge is -2.52. The fourth-order valence-corrected chi connectivity index (χ4v) is 4.76. The van der Waals surface area contributed by atoms with Gasteiger partial charge in [0.1, 0.15) is 11.1 Å². The van der Waals surface area contributed by atoms with Gasteiger partial charge in [-0.25, -0.2) is 0 Å². The van der Waals surface area contributed by atoms with Crippen LogP contribution >= 0.6 is 0 Å². The number of hydrogen-bond donors (Lipinski definition) is 3. The van der Waals surface area contributed by atoms with Crippen molar-refractivity contribution in [1.29, 1.82) is 0 Å². The number of aromatic nitrogens is 3. The monoisotopic (exact) mass is 464 g/mol. The van der Waals surface area contributed by atoms with Crippen LogP contribution in [-0.4, -0.2) is 39.2 Å². The van der Waals surface area contributed by atoms with Crippen LogP contribution in [-0.2, 0) is 15.9 Å². The minimum absolute atomic E-state index is 0.153. The lowest BCUT2D eigenvalue weighted by Crippen LogP contribution is -2.63. The molecule has 1 aliphatic carbocycles. The maximum Gasteiger partial charge on any atom is 0.252 e. The van der Waals surface area contributed by atoms with Gasteiger partial charge in [-0.1, -0.05) is 50.2 Å². The predicted octanol–water partition coefficient (Wildman–Crippen LogP) is 3.23. The van der Waals surface area contributed by atoms with Crippen LogP contribution in [0.25, 0.3) is 11.4 Å². The van der Waals surface area contributed by atoms with E-state index in [9.17, 15) is 9.90 Å². The van der Waals surface area contributed by atoms with E-state index in [2.05, 4.69) is 39.6 Å². The minimum Gasteiger partial charge on any atom is -0.380 e. The highest BCUT2D eigenvalue weighted by molar-refractivity contribution is 5.74. The second-order valence-electron chi connectivity index (χ2n) is 10.1. The van der Waals surface area contributed by atoms with Gasteiger partial charge in [0.05, 0.1) is 0 Å². The minimum atomic E-state index is -2.76. The number of amides is 1. The van der Waals surface area contributed by atoms with Crippen molar-refractivity contribution >= 4 is 5.91 Å². The van der Waals surface area contributed by atoms with E-state index in [0.717, 1.165) is 5.56 Å². The van der Waals surface area contributed by atoms with Crippen LogP contribution in [0.4, 0.5) is 0 Å². The molecule has 2 aliphatic rings. The number of carbonyl (C=O) groups excluding carboxylic acids is 1. The second kappa shape index (κ2) is 7.99. The number of benzene rings is 1. The molecule has 178 valence electrons. The van der Waals surface area contributed by atoms with Crippen molar-refractivity contribution in [2.45, 2.75) is 57.5 Å². The molecule has 3 heterocycles. The molecule has 0 bridgehead atoms. The Balaban J connectivity index is 1.49. The van der Waals surface area contributed by atoms with Crippen molar-refractivity contribution in [3.05, 3.63) is 65.3 Å². The van der Waals surface area contributed by atoms with E-state index >= 15 is 0 Å². The topological polar surface area (TPSA) is 113 Å². The van der Waals surface area contributed by atoms with Crippen molar-refractivity contribution < 1.29 is 18.5 Å². The summed E-state index contributed by atoms with van der Waals surface area (Å²) in [7, 11) is 0. The molecular weight excluding hydrogens is 430 g/mol. The Bertz CT molecular complexity index is 1310. The molecule has 3 N–H and O–H groups in total. The first-order chi connectivity index (χ1) is 17.4. The third-order valence-corrected chi connectivity index (χ3v) is 7.25. The number of carbonyl (C=O) groups is 1. The molecule has 2 fully saturated rings. The van der Waals surface area contributed by atoms with E-state index in [1.54, 1.807) is 12.4 Å². The molecule has 1 saturated carbocycles. The van der Waals surface area contributed by atoms with E-state index in [1.807, 2.05) is 37.3 Å². The summed E-state index contributed by atoms with van der Waals surface area (Å²) in [5, 5.41) is 22.2. The van der Waals surface area contributed by atoms with E-state index < -0.39 is 29.3 Å². The molecule has 1 aliphatic heterocycles. The molecule has 2 aromatic heterocycles. The molecule has 8 nitrogen and oxygen atoms in total. The lowest BCUT2D eigenvalue weighted by atomic mass is 9.63. The zero-order valence-corrected chi connectivity index (χ0v) is 19.6. The number of nitrogens with zero attached hydrogens (tertiary/aromatic N) is 3. The van der Waals surface area contributed by atoms with E-state index in [4.69, 9.17) is 8.64 Å². The van der Waals surface area contributed by atoms with Crippen molar-refractivity contribution in [3.63, 3.8) is 0 Å². The molecule has 8 heteroatoms. The SMILES string of the molecule is [2H]C([2H])([2H])C(=O)NC1(c2nc(-c3cncc([C@@](O)(c4ccc(C(C)C)cc4)C4(C)CNC4)c3)no2)CC1. The number of aliphatic hydroxyl groups is 1. The summed E-state index contributed by atoms with van der Waals surface area (Å²) in [6.07, 6.45) is 4.25. The van der Waals surface area contributed by atoms with Gasteiger partial charge in [0, 0.05) is 53.0 Å². The Labute approximate surface area is 203 Å². The van der Waals surface area contributed by atoms with Crippen molar-refractivity contribution in [1.82, 2.24) is 25.8 Å². The van der Waals surface area contributed by atoms with Gasteiger partial charge in [-0.05, 0) is 36.0 Å². The summed E-state index contributed by atoms with van der Waals surface area (Å²) in [5.74, 6) is -0.280. The highest BCUT2D eigenvalue weighted by Gasteiger charge is 2.53. The summed E-state index contributed by atoms with van der Waals surface area (Å²) in [6.45, 7) is 4.82. The first-order valence-corrected chi connectivity index (χ1v) is 11.5. The molecule has 0 radical (unpaired) electrons. The van der Waals surface area contributed by atoms with Crippen LogP contribution in [0, 0.1) is 5.41 Å². The van der Waals surface area contributed by atoms with Gasteiger partial charge in [0.2, 0.25) is 11.7 Å². The van der Waals surface area contributed by atoms with Crippen LogP contribution in [0.5, 0.6) is 0 Å². The normalized spacial score (nSPS) is 21.5. The first kappa shape index (κ1) is 19.2. The zero-order chi connectivity index (χ0) is 26.6. The molecule has 1 amide bonds. The fraction of sp³-hybridized carbons (Fsp3) is 0.462. The molecular formula is C26H31N5O3. The summed E-state index contributed by atoms with van der Waals surface area (Å²) in [5.41, 5.74) is 0.354. The second-order valence-corrected chi connectivity index (χ2v) is 10.1. The largest absolute Gasteiger partial charge is 0.380 e. The molecule has 1 aromatic carbocycles. The smallest absolute Gasteiger partial charge is 0.252 e. The van der Waals surface area contributed by atoms with Crippen LogP contribution in [0.2, 0.25) is 0 Å². The van der Waals surface area contributed by atoms with Gasteiger partial charge in [0.25, 0.3) is 5.89 Å². The molecule has 0 unspecified atom stereocenters. The molecule has 5 rings (SSSR count). The van der Waals surface area contributed by atoms with Crippen molar-refractivity contribution in [3.8, 4) is 11.4 Å². The Morgan fingerprint density at radius 1 is 1.24 bits per heavy atom. The standard InChI is InChI=1S/C26H31N5O3/c1-16(2)18-5-7-20(8-6-18)26(33,24(4)14-28-15-24)21-11-19(12-27-13-21)22-29-23(34-31-22)25(9-10-25)30-17(3)32/h5-8,11-13,16,28,33H,9-10,14-15H2,1-4H3,(H,30,32)/t26-/m0/s1/i3D3. The van der Waals surface area contributed by atoms with Gasteiger partial charge in [0.15, 0.2) is 0 Å². The fourth-order valence-electron chi connectivity index (χ4n) is 4.76. The Morgan fingerprint density at radius 3 is 2.56 bits per heavy atom. The lowest BCUT2D eigenvalue weighted by molar-refractivity contribution is -0.120. The van der Waals surface area contributed by atoms with Crippen LogP contribution < -0.4 is 10.6 Å². The maximum atomic E-state index is 12.3. The molecule has 1 saturated heterocycles. The first-order valence-electron chi connectivity index (χ1n) is 13.0. The van der Waals surface area contributed by atoms with Gasteiger partial charge >= 0.3 is 0 Å². The number of nitrogens with one attached hydrogen (secondary N) is 2. The van der Waals surface area contributed by atoms with Crippen LogP contribution in [0.1, 0.15) is 73.1 Å². The highest BCUT2D eigenvalue weighted by atomic mass is 16.5. The van der Waals surface area contributed by atoms with E-state index in [1.165, 1.54) is 5.56 Å². The van der Waals surface area contributed by atoms with Crippen LogP contribution in [0.15, 0.2) is 47.2 Å². The Morgan fingerprint density at radius 2 is 1.97 bits per heavy atom. The molecule has 3 aromatic rings. The number of hydrogen-bond acceptors (Lipinski definition) is 7. The highest BCUT2D eigenvalue weighted by Crippen LogP contribution is 2.48. The van der Waals surface area contributed by atoms with E-state index in [-0.39, 0.29) is 11.7 Å². The van der Waals surface area contributed by atoms with Crippen molar-refractivity contribution in [2.75, 3.05) is 13.1 Å². The van der Waals surface area contributed by atoms with Gasteiger partial charge in [-0.15, -0.1) is 0 Å². The third kappa shape index (κ3) is 3.61. The summed E-state index contributed by atoms with van der Waals surface area (Å²) >= 11 is 0.